The van der Waals surface area contributed by atoms with E-state index in [0.29, 0.717) is 12.0 Å². The maximum Gasteiger partial charge on any atom is 0.265 e. The molecule has 0 saturated heterocycles. The summed E-state index contributed by atoms with van der Waals surface area (Å²) in [5.41, 5.74) is 0.140. The summed E-state index contributed by atoms with van der Waals surface area (Å²) in [6.45, 7) is 1.71. The molecule has 0 bridgehead atoms. The van der Waals surface area contributed by atoms with E-state index in [9.17, 15) is 13.6 Å². The number of carbonyl (C=O) groups is 1. The van der Waals surface area contributed by atoms with Crippen LogP contribution in [0.3, 0.4) is 0 Å². The minimum atomic E-state index is -2.60. The van der Waals surface area contributed by atoms with Gasteiger partial charge in [0.25, 0.3) is 6.43 Å². The average Bonchev–Trinajstić information content (AvgIpc) is 2.15. The Morgan fingerprint density at radius 2 is 2.14 bits per heavy atom. The highest BCUT2D eigenvalue weighted by Gasteiger charge is 2.13. The summed E-state index contributed by atoms with van der Waals surface area (Å²) in [5, 5.41) is -0.0562. The zero-order valence-corrected chi connectivity index (χ0v) is 8.31. The molecule has 0 radical (unpaired) electrons. The summed E-state index contributed by atoms with van der Waals surface area (Å²) < 4.78 is 24.5. The Bertz CT molecular complexity index is 350. The maximum atomic E-state index is 12.3. The fraction of sp³-hybridized carbons (Fsp3) is 0.300. The van der Waals surface area contributed by atoms with Crippen molar-refractivity contribution in [2.45, 2.75) is 19.8 Å². The topological polar surface area (TPSA) is 17.1 Å². The molecule has 0 N–H and O–H groups in total. The quantitative estimate of drug-likeness (QED) is 0.704. The van der Waals surface area contributed by atoms with Crippen LogP contribution in [0, 0.1) is 0 Å². The Morgan fingerprint density at radius 3 is 2.57 bits per heavy atom. The Morgan fingerprint density at radius 1 is 1.50 bits per heavy atom. The van der Waals surface area contributed by atoms with Crippen molar-refractivity contribution >= 4 is 17.4 Å². The van der Waals surface area contributed by atoms with Gasteiger partial charge in [-0.05, 0) is 6.07 Å². The van der Waals surface area contributed by atoms with Gasteiger partial charge in [0.15, 0.2) is 5.78 Å². The third kappa shape index (κ3) is 2.29. The number of benzene rings is 1. The lowest BCUT2D eigenvalue weighted by atomic mass is 10.1. The molecule has 1 rings (SSSR count). The summed E-state index contributed by atoms with van der Waals surface area (Å²) in [7, 11) is 0. The molecule has 0 aliphatic heterocycles. The highest BCUT2D eigenvalue weighted by atomic mass is 35.5. The maximum absolute atomic E-state index is 12.3. The molecule has 0 aliphatic carbocycles. The largest absolute Gasteiger partial charge is 0.294 e. The van der Waals surface area contributed by atoms with E-state index in [0.717, 1.165) is 0 Å². The van der Waals surface area contributed by atoms with Gasteiger partial charge in [0.1, 0.15) is 0 Å². The number of hydrogen-bond acceptors (Lipinski definition) is 1. The van der Waals surface area contributed by atoms with Gasteiger partial charge in [0.2, 0.25) is 0 Å². The number of carbonyl (C=O) groups excluding carboxylic acids is 1. The third-order valence-corrected chi connectivity index (χ3v) is 2.21. The van der Waals surface area contributed by atoms with Crippen LogP contribution in [0.15, 0.2) is 18.2 Å². The Balaban J connectivity index is 3.06. The van der Waals surface area contributed by atoms with Gasteiger partial charge in [0.05, 0.1) is 5.02 Å². The Kier molecular flexibility index (Phi) is 3.58. The average molecular weight is 219 g/mol. The normalized spacial score (nSPS) is 10.6. The van der Waals surface area contributed by atoms with Gasteiger partial charge in [0, 0.05) is 17.5 Å². The van der Waals surface area contributed by atoms with Gasteiger partial charge < -0.3 is 0 Å². The van der Waals surface area contributed by atoms with Crippen LogP contribution in [-0.2, 0) is 0 Å². The van der Waals surface area contributed by atoms with Gasteiger partial charge in [-0.25, -0.2) is 8.78 Å². The van der Waals surface area contributed by atoms with E-state index in [1.165, 1.54) is 18.2 Å². The molecule has 0 fully saturated rings. The highest BCUT2D eigenvalue weighted by molar-refractivity contribution is 6.31. The zero-order chi connectivity index (χ0) is 10.7. The molecule has 0 heterocycles. The Labute approximate surface area is 85.7 Å². The van der Waals surface area contributed by atoms with Gasteiger partial charge in [-0.1, -0.05) is 30.7 Å². The van der Waals surface area contributed by atoms with Crippen LogP contribution in [0.1, 0.15) is 35.7 Å². The van der Waals surface area contributed by atoms with Gasteiger partial charge in [-0.15, -0.1) is 0 Å². The summed E-state index contributed by atoms with van der Waals surface area (Å²) in [6, 6.07) is 3.85. The number of Topliss-reactive ketones (excluding diaryl/α,β-unsaturated/α-hetero) is 1. The minimum Gasteiger partial charge on any atom is -0.294 e. The second-order valence-corrected chi connectivity index (χ2v) is 3.22. The molecule has 0 amide bonds. The summed E-state index contributed by atoms with van der Waals surface area (Å²) in [5.74, 6) is -0.104. The predicted octanol–water partition coefficient (Wildman–Crippen LogP) is 3.87. The molecular formula is C10H9ClF2O. The SMILES string of the molecule is CCC(=O)c1ccc(C(F)F)c(Cl)c1. The highest BCUT2D eigenvalue weighted by Crippen LogP contribution is 2.27. The second kappa shape index (κ2) is 4.51. The molecule has 0 aliphatic rings. The van der Waals surface area contributed by atoms with Crippen molar-refractivity contribution in [2.75, 3.05) is 0 Å². The molecule has 1 nitrogen and oxygen atoms in total. The van der Waals surface area contributed by atoms with E-state index < -0.39 is 6.43 Å². The summed E-state index contributed by atoms with van der Waals surface area (Å²) >= 11 is 5.59. The molecular weight excluding hydrogens is 210 g/mol. The van der Waals surface area contributed by atoms with Crippen LogP contribution < -0.4 is 0 Å². The third-order valence-electron chi connectivity index (χ3n) is 1.88. The number of halogens is 3. The molecule has 0 aromatic heterocycles. The zero-order valence-electron chi connectivity index (χ0n) is 7.56. The lowest BCUT2D eigenvalue weighted by Crippen LogP contribution is -1.97. The first kappa shape index (κ1) is 11.1. The van der Waals surface area contributed by atoms with E-state index in [4.69, 9.17) is 11.6 Å². The summed E-state index contributed by atoms with van der Waals surface area (Å²) in [4.78, 5) is 11.2. The van der Waals surface area contributed by atoms with Crippen molar-refractivity contribution in [3.63, 3.8) is 0 Å². The summed E-state index contributed by atoms with van der Waals surface area (Å²) in [6.07, 6.45) is -2.27. The minimum absolute atomic E-state index is 0.0562. The first-order valence-corrected chi connectivity index (χ1v) is 4.54. The molecule has 14 heavy (non-hydrogen) atoms. The van der Waals surface area contributed by atoms with E-state index in [1.807, 2.05) is 0 Å². The first-order valence-electron chi connectivity index (χ1n) is 4.17. The number of rotatable bonds is 3. The monoisotopic (exact) mass is 218 g/mol. The van der Waals surface area contributed by atoms with Gasteiger partial charge in [-0.3, -0.25) is 4.79 Å². The fourth-order valence-electron chi connectivity index (χ4n) is 1.08. The molecule has 4 heteroatoms. The number of hydrogen-bond donors (Lipinski definition) is 0. The molecule has 0 unspecified atom stereocenters. The van der Waals surface area contributed by atoms with E-state index in [-0.39, 0.29) is 16.4 Å². The Hall–Kier alpha value is -0.960. The van der Waals surface area contributed by atoms with Crippen LogP contribution in [-0.4, -0.2) is 5.78 Å². The fourth-order valence-corrected chi connectivity index (χ4v) is 1.34. The number of ketones is 1. The molecule has 0 atom stereocenters. The van der Waals surface area contributed by atoms with Gasteiger partial charge >= 0.3 is 0 Å². The van der Waals surface area contributed by atoms with Crippen LogP contribution in [0.5, 0.6) is 0 Å². The molecule has 0 spiro atoms. The van der Waals surface area contributed by atoms with Crippen molar-refractivity contribution in [3.05, 3.63) is 34.3 Å². The molecule has 0 saturated carbocycles. The first-order chi connectivity index (χ1) is 6.56. The van der Waals surface area contributed by atoms with E-state index in [1.54, 1.807) is 6.92 Å². The van der Waals surface area contributed by atoms with E-state index in [2.05, 4.69) is 0 Å². The number of alkyl halides is 2. The molecule has 76 valence electrons. The molecule has 1 aromatic carbocycles. The van der Waals surface area contributed by atoms with Crippen molar-refractivity contribution < 1.29 is 13.6 Å². The van der Waals surface area contributed by atoms with Crippen LogP contribution in [0.25, 0.3) is 0 Å². The van der Waals surface area contributed by atoms with Crippen molar-refractivity contribution in [1.29, 1.82) is 0 Å². The van der Waals surface area contributed by atoms with Crippen molar-refractivity contribution in [1.82, 2.24) is 0 Å². The predicted molar refractivity (Wildman–Crippen MR) is 51.0 cm³/mol. The van der Waals surface area contributed by atoms with E-state index >= 15 is 0 Å². The van der Waals surface area contributed by atoms with Crippen LogP contribution >= 0.6 is 11.6 Å². The van der Waals surface area contributed by atoms with Crippen LogP contribution in [0.4, 0.5) is 8.78 Å². The second-order valence-electron chi connectivity index (χ2n) is 2.81. The van der Waals surface area contributed by atoms with Gasteiger partial charge in [-0.2, -0.15) is 0 Å². The lowest BCUT2D eigenvalue weighted by Gasteiger charge is -2.04. The van der Waals surface area contributed by atoms with Crippen LogP contribution in [0.2, 0.25) is 5.02 Å². The standard InChI is InChI=1S/C10H9ClF2O/c1-2-9(14)6-3-4-7(10(12)13)8(11)5-6/h3-5,10H,2H2,1H3. The van der Waals surface area contributed by atoms with Crippen molar-refractivity contribution in [2.24, 2.45) is 0 Å². The lowest BCUT2D eigenvalue weighted by molar-refractivity contribution is 0.0987. The molecule has 1 aromatic rings. The smallest absolute Gasteiger partial charge is 0.265 e. The van der Waals surface area contributed by atoms with Crippen molar-refractivity contribution in [3.8, 4) is 0 Å².